The van der Waals surface area contributed by atoms with Gasteiger partial charge in [0.15, 0.2) is 0 Å². The van der Waals surface area contributed by atoms with E-state index in [9.17, 15) is 10.2 Å². The van der Waals surface area contributed by atoms with Gasteiger partial charge < -0.3 is 10.2 Å². The van der Waals surface area contributed by atoms with Crippen LogP contribution in [0.25, 0.3) is 0 Å². The molecule has 2 heteroatoms. The van der Waals surface area contributed by atoms with Crippen molar-refractivity contribution in [3.8, 4) is 11.5 Å². The van der Waals surface area contributed by atoms with Crippen molar-refractivity contribution in [2.24, 2.45) is 0 Å². The van der Waals surface area contributed by atoms with Gasteiger partial charge >= 0.3 is 0 Å². The first-order valence-corrected chi connectivity index (χ1v) is 10.6. The highest BCUT2D eigenvalue weighted by Gasteiger charge is 2.36. The van der Waals surface area contributed by atoms with E-state index >= 15 is 0 Å². The largest absolute Gasteiger partial charge is 0.508 e. The molecule has 27 heavy (non-hydrogen) atoms. The van der Waals surface area contributed by atoms with Gasteiger partial charge in [0.2, 0.25) is 0 Å². The Bertz CT molecular complexity index is 697. The molecule has 0 atom stereocenters. The lowest BCUT2D eigenvalue weighted by Gasteiger charge is -2.38. The molecule has 0 radical (unpaired) electrons. The lowest BCUT2D eigenvalue weighted by Crippen LogP contribution is -2.30. The molecular formula is C25H34O2. The maximum absolute atomic E-state index is 9.97. The van der Waals surface area contributed by atoms with E-state index in [1.807, 2.05) is 24.3 Å². The fraction of sp³-hybridized carbons (Fsp3) is 0.520. The third-order valence-corrected chi connectivity index (χ3v) is 6.41. The van der Waals surface area contributed by atoms with Crippen LogP contribution in [0.2, 0.25) is 0 Å². The Morgan fingerprint density at radius 2 is 0.963 bits per heavy atom. The van der Waals surface area contributed by atoms with Crippen molar-refractivity contribution in [1.82, 2.24) is 0 Å². The molecule has 0 heterocycles. The molecule has 1 fully saturated rings. The van der Waals surface area contributed by atoms with E-state index in [1.165, 1.54) is 62.5 Å². The average molecular weight is 367 g/mol. The number of phenolic OH excluding ortho intramolecular Hbond substituents is 2. The number of aromatic hydroxyl groups is 2. The summed E-state index contributed by atoms with van der Waals surface area (Å²) in [4.78, 5) is 0. The highest BCUT2D eigenvalue weighted by Crippen LogP contribution is 2.46. The quantitative estimate of drug-likeness (QED) is 0.606. The fourth-order valence-electron chi connectivity index (χ4n) is 5.09. The molecule has 2 N–H and O–H groups in total. The summed E-state index contributed by atoms with van der Waals surface area (Å²) in [5.74, 6) is 0.677. The van der Waals surface area contributed by atoms with Gasteiger partial charge in [0.25, 0.3) is 0 Å². The van der Waals surface area contributed by atoms with Crippen LogP contribution >= 0.6 is 0 Å². The second-order valence-electron chi connectivity index (χ2n) is 8.41. The Hall–Kier alpha value is -1.96. The van der Waals surface area contributed by atoms with E-state index in [0.717, 1.165) is 24.0 Å². The summed E-state index contributed by atoms with van der Waals surface area (Å²) in [5.41, 5.74) is 4.97. The molecule has 0 spiro atoms. The molecule has 1 saturated carbocycles. The zero-order valence-corrected chi connectivity index (χ0v) is 16.9. The van der Waals surface area contributed by atoms with Gasteiger partial charge in [-0.1, -0.05) is 63.5 Å². The third kappa shape index (κ3) is 4.48. The zero-order chi connectivity index (χ0) is 19.3. The number of phenols is 2. The van der Waals surface area contributed by atoms with Crippen molar-refractivity contribution in [3.63, 3.8) is 0 Å². The number of rotatable bonds is 2. The minimum absolute atomic E-state index is 0.0418. The van der Waals surface area contributed by atoms with Crippen LogP contribution in [0, 0.1) is 13.8 Å². The molecule has 2 nitrogen and oxygen atoms in total. The predicted octanol–water partition coefficient (Wildman–Crippen LogP) is 6.92. The first-order chi connectivity index (χ1) is 13.0. The highest BCUT2D eigenvalue weighted by atomic mass is 16.3. The van der Waals surface area contributed by atoms with E-state index in [4.69, 9.17) is 0 Å². The number of hydrogen-bond acceptors (Lipinski definition) is 2. The van der Waals surface area contributed by atoms with Crippen molar-refractivity contribution in [2.45, 2.75) is 83.5 Å². The number of benzene rings is 2. The van der Waals surface area contributed by atoms with Crippen molar-refractivity contribution in [3.05, 3.63) is 58.7 Å². The van der Waals surface area contributed by atoms with E-state index in [-0.39, 0.29) is 5.41 Å². The Kier molecular flexibility index (Phi) is 6.46. The molecule has 0 bridgehead atoms. The summed E-state index contributed by atoms with van der Waals surface area (Å²) in [6.45, 7) is 4.25. The fourth-order valence-corrected chi connectivity index (χ4v) is 5.09. The van der Waals surface area contributed by atoms with Crippen LogP contribution < -0.4 is 0 Å². The van der Waals surface area contributed by atoms with Crippen molar-refractivity contribution >= 4 is 0 Å². The van der Waals surface area contributed by atoms with E-state index < -0.39 is 0 Å². The van der Waals surface area contributed by atoms with Gasteiger partial charge in [-0.25, -0.2) is 0 Å². The molecule has 146 valence electrons. The van der Waals surface area contributed by atoms with E-state index in [2.05, 4.69) is 26.0 Å². The molecule has 0 aliphatic heterocycles. The third-order valence-electron chi connectivity index (χ3n) is 6.41. The molecule has 0 unspecified atom stereocenters. The van der Waals surface area contributed by atoms with Crippen LogP contribution in [0.1, 0.15) is 86.5 Å². The van der Waals surface area contributed by atoms with Gasteiger partial charge in [-0.2, -0.15) is 0 Å². The molecule has 2 aromatic carbocycles. The van der Waals surface area contributed by atoms with Crippen LogP contribution in [0.4, 0.5) is 0 Å². The van der Waals surface area contributed by atoms with Gasteiger partial charge in [-0.05, 0) is 73.2 Å². The van der Waals surface area contributed by atoms with Gasteiger partial charge in [0.05, 0.1) is 0 Å². The van der Waals surface area contributed by atoms with Gasteiger partial charge in [-0.15, -0.1) is 0 Å². The van der Waals surface area contributed by atoms with Crippen LogP contribution in [0.3, 0.4) is 0 Å². The van der Waals surface area contributed by atoms with Gasteiger partial charge in [0, 0.05) is 5.41 Å². The monoisotopic (exact) mass is 366 g/mol. The number of hydrogen-bond donors (Lipinski definition) is 2. The molecule has 0 aromatic heterocycles. The van der Waals surface area contributed by atoms with E-state index in [1.54, 1.807) is 0 Å². The molecule has 3 rings (SSSR count). The topological polar surface area (TPSA) is 40.5 Å². The minimum atomic E-state index is -0.0418. The molecule has 1 aliphatic rings. The summed E-state index contributed by atoms with van der Waals surface area (Å²) < 4.78 is 0. The Morgan fingerprint density at radius 1 is 0.593 bits per heavy atom. The molecule has 0 saturated heterocycles. The summed E-state index contributed by atoms with van der Waals surface area (Å²) in [7, 11) is 0. The van der Waals surface area contributed by atoms with Crippen LogP contribution in [-0.2, 0) is 5.41 Å². The first kappa shape index (κ1) is 19.8. The smallest absolute Gasteiger partial charge is 0.115 e. The summed E-state index contributed by atoms with van der Waals surface area (Å²) >= 11 is 0. The lowest BCUT2D eigenvalue weighted by atomic mass is 9.65. The predicted molar refractivity (Wildman–Crippen MR) is 113 cm³/mol. The summed E-state index contributed by atoms with van der Waals surface area (Å²) in [5, 5.41) is 19.9. The normalized spacial score (nSPS) is 18.6. The molecule has 0 amide bonds. The Labute approximate surface area is 164 Å². The van der Waals surface area contributed by atoms with Crippen molar-refractivity contribution in [1.29, 1.82) is 0 Å². The van der Waals surface area contributed by atoms with Crippen molar-refractivity contribution < 1.29 is 10.2 Å². The SMILES string of the molecule is Cc1cc(O)ccc1C1(c2ccc(O)cc2C)CCCCCCCCCC1. The second kappa shape index (κ2) is 8.82. The standard InChI is InChI=1S/C25H34O2/c1-19-17-21(26)11-13-23(19)25(24-14-12-22(27)18-20(24)2)15-9-7-5-3-4-6-8-10-16-25/h11-14,17-18,26-27H,3-10,15-16H2,1-2H3. The van der Waals surface area contributed by atoms with Crippen molar-refractivity contribution in [2.75, 3.05) is 0 Å². The maximum Gasteiger partial charge on any atom is 0.115 e. The molecule has 1 aliphatic carbocycles. The Morgan fingerprint density at radius 3 is 1.33 bits per heavy atom. The van der Waals surface area contributed by atoms with Crippen LogP contribution in [0.5, 0.6) is 11.5 Å². The van der Waals surface area contributed by atoms with Gasteiger partial charge in [-0.3, -0.25) is 0 Å². The van der Waals surface area contributed by atoms with Crippen LogP contribution in [-0.4, -0.2) is 10.2 Å². The number of aryl methyl sites for hydroxylation is 2. The summed E-state index contributed by atoms with van der Waals surface area (Å²) in [6.07, 6.45) is 12.7. The maximum atomic E-state index is 9.97. The van der Waals surface area contributed by atoms with E-state index in [0.29, 0.717) is 11.5 Å². The minimum Gasteiger partial charge on any atom is -0.508 e. The first-order valence-electron chi connectivity index (χ1n) is 10.6. The summed E-state index contributed by atoms with van der Waals surface area (Å²) in [6, 6.07) is 11.7. The molecule has 2 aromatic rings. The molecular weight excluding hydrogens is 332 g/mol. The average Bonchev–Trinajstić information content (AvgIpc) is 2.67. The lowest BCUT2D eigenvalue weighted by molar-refractivity contribution is 0.395. The zero-order valence-electron chi connectivity index (χ0n) is 16.9. The van der Waals surface area contributed by atoms with Crippen LogP contribution in [0.15, 0.2) is 36.4 Å². The second-order valence-corrected chi connectivity index (χ2v) is 8.41. The highest BCUT2D eigenvalue weighted by molar-refractivity contribution is 5.49. The van der Waals surface area contributed by atoms with Gasteiger partial charge in [0.1, 0.15) is 11.5 Å². The Balaban J connectivity index is 2.13.